The van der Waals surface area contributed by atoms with E-state index in [1.165, 1.54) is 16.3 Å². The Morgan fingerprint density at radius 2 is 0.574 bits per heavy atom. The monoisotopic (exact) mass is 870 g/mol. The summed E-state index contributed by atoms with van der Waals surface area (Å²) in [5, 5.41) is 6.85. The van der Waals surface area contributed by atoms with Crippen LogP contribution in [-0.4, -0.2) is 0 Å². The van der Waals surface area contributed by atoms with Gasteiger partial charge < -0.3 is 18.6 Å². The minimum Gasteiger partial charge on any atom is -0.456 e. The molecule has 0 N–H and O–H groups in total. The number of benzene rings is 11. The number of rotatable bonds is 9. The minimum atomic E-state index is 0.862. The van der Waals surface area contributed by atoms with Gasteiger partial charge in [-0.25, -0.2) is 0 Å². The van der Waals surface area contributed by atoms with Crippen molar-refractivity contribution < 1.29 is 8.83 Å². The van der Waals surface area contributed by atoms with Gasteiger partial charge in [0.15, 0.2) is 0 Å². The van der Waals surface area contributed by atoms with E-state index in [4.69, 9.17) is 8.83 Å². The Labute approximate surface area is 393 Å². The van der Waals surface area contributed by atoms with Gasteiger partial charge in [0, 0.05) is 67.8 Å². The van der Waals surface area contributed by atoms with Gasteiger partial charge in [0.05, 0.1) is 0 Å². The highest BCUT2D eigenvalue weighted by atomic mass is 16.3. The lowest BCUT2D eigenvalue weighted by Gasteiger charge is -2.26. The second-order valence-corrected chi connectivity index (χ2v) is 17.4. The first-order valence-electron chi connectivity index (χ1n) is 23.1. The number of para-hydroxylation sites is 3. The van der Waals surface area contributed by atoms with Crippen LogP contribution in [0.5, 0.6) is 0 Å². The molecule has 0 unspecified atom stereocenters. The molecule has 0 bridgehead atoms. The first-order chi connectivity index (χ1) is 33.7. The average Bonchev–Trinajstić information content (AvgIpc) is 3.97. The Morgan fingerprint density at radius 1 is 0.206 bits per heavy atom. The highest BCUT2D eigenvalue weighted by molar-refractivity contribution is 6.07. The largest absolute Gasteiger partial charge is 0.456 e. The zero-order valence-corrected chi connectivity index (χ0v) is 37.0. The maximum atomic E-state index is 6.41. The van der Waals surface area contributed by atoms with Gasteiger partial charge in [-0.15, -0.1) is 0 Å². The van der Waals surface area contributed by atoms with E-state index in [9.17, 15) is 0 Å². The number of hydrogen-bond donors (Lipinski definition) is 0. The number of furan rings is 2. The molecule has 0 amide bonds. The summed E-state index contributed by atoms with van der Waals surface area (Å²) in [4.78, 5) is 4.61. The molecule has 0 radical (unpaired) electrons. The van der Waals surface area contributed by atoms with Crippen LogP contribution >= 0.6 is 0 Å². The molecule has 320 valence electrons. The fourth-order valence-electron chi connectivity index (χ4n) is 9.86. The summed E-state index contributed by atoms with van der Waals surface area (Å²) in [7, 11) is 0. The summed E-state index contributed by atoms with van der Waals surface area (Å²) in [5.41, 5.74) is 16.7. The van der Waals surface area contributed by atoms with Crippen molar-refractivity contribution in [2.24, 2.45) is 0 Å². The first-order valence-corrected chi connectivity index (χ1v) is 23.1. The molecule has 2 heterocycles. The van der Waals surface area contributed by atoms with E-state index < -0.39 is 0 Å². The summed E-state index contributed by atoms with van der Waals surface area (Å²) in [6, 6.07) is 90.7. The quantitative estimate of drug-likeness (QED) is 0.145. The zero-order chi connectivity index (χ0) is 45.0. The van der Waals surface area contributed by atoms with Crippen molar-refractivity contribution in [3.8, 4) is 33.4 Å². The van der Waals surface area contributed by atoms with Gasteiger partial charge in [-0.1, -0.05) is 140 Å². The van der Waals surface area contributed by atoms with Crippen LogP contribution in [0, 0.1) is 0 Å². The van der Waals surface area contributed by atoms with Crippen LogP contribution < -0.4 is 9.80 Å². The lowest BCUT2D eigenvalue weighted by Crippen LogP contribution is -2.09. The van der Waals surface area contributed by atoms with Gasteiger partial charge in [-0.05, 0) is 147 Å². The van der Waals surface area contributed by atoms with Gasteiger partial charge in [-0.2, -0.15) is 0 Å². The Kier molecular flexibility index (Phi) is 9.47. The standard InChI is InChI=1S/C64H42N2O2/c1-3-13-43(14-4-1)48-37-49(45-23-28-52(29-24-45)65(51-17-5-2-6-18-51)55-33-35-59-57-19-9-11-21-61(57)67-63(59)41-55)39-50(38-48)46-25-30-53(31-26-46)66(54-32-27-44-15-7-8-16-47(44)40-54)56-34-36-60-58-20-10-12-22-62(58)68-64(60)42-56/h1-42H. The number of nitrogens with zero attached hydrogens (tertiary/aromatic N) is 2. The molecule has 68 heavy (non-hydrogen) atoms. The van der Waals surface area contributed by atoms with Gasteiger partial charge >= 0.3 is 0 Å². The fraction of sp³-hybridized carbons (Fsp3) is 0. The predicted molar refractivity (Wildman–Crippen MR) is 284 cm³/mol. The Bertz CT molecular complexity index is 3970. The smallest absolute Gasteiger partial charge is 0.137 e. The molecular formula is C64H42N2O2. The average molecular weight is 871 g/mol. The molecule has 13 rings (SSSR count). The van der Waals surface area contributed by atoms with Gasteiger partial charge in [0.1, 0.15) is 22.3 Å². The first kappa shape index (κ1) is 39.3. The molecule has 11 aromatic carbocycles. The van der Waals surface area contributed by atoms with E-state index in [0.717, 1.165) is 106 Å². The summed E-state index contributed by atoms with van der Waals surface area (Å²) >= 11 is 0. The molecule has 4 heteroatoms. The topological polar surface area (TPSA) is 32.8 Å². The van der Waals surface area contributed by atoms with Crippen molar-refractivity contribution in [3.63, 3.8) is 0 Å². The summed E-state index contributed by atoms with van der Waals surface area (Å²) in [6.07, 6.45) is 0. The number of anilines is 6. The van der Waals surface area contributed by atoms with Crippen LogP contribution in [-0.2, 0) is 0 Å². The summed E-state index contributed by atoms with van der Waals surface area (Å²) in [6.45, 7) is 0. The van der Waals surface area contributed by atoms with Crippen molar-refractivity contribution in [2.75, 3.05) is 9.80 Å². The second-order valence-electron chi connectivity index (χ2n) is 17.4. The number of fused-ring (bicyclic) bond motifs is 7. The zero-order valence-electron chi connectivity index (χ0n) is 37.0. The highest BCUT2D eigenvalue weighted by Crippen LogP contribution is 2.43. The van der Waals surface area contributed by atoms with E-state index in [-0.39, 0.29) is 0 Å². The third-order valence-electron chi connectivity index (χ3n) is 13.2. The molecule has 0 aliphatic carbocycles. The fourth-order valence-corrected chi connectivity index (χ4v) is 9.86. The molecule has 0 saturated heterocycles. The van der Waals surface area contributed by atoms with E-state index >= 15 is 0 Å². The molecule has 0 aliphatic heterocycles. The van der Waals surface area contributed by atoms with Crippen LogP contribution in [0.4, 0.5) is 34.1 Å². The van der Waals surface area contributed by atoms with Crippen molar-refractivity contribution >= 4 is 88.8 Å². The highest BCUT2D eigenvalue weighted by Gasteiger charge is 2.19. The Balaban J connectivity index is 0.884. The van der Waals surface area contributed by atoms with Crippen molar-refractivity contribution in [1.82, 2.24) is 0 Å². The summed E-state index contributed by atoms with van der Waals surface area (Å²) in [5.74, 6) is 0. The lowest BCUT2D eigenvalue weighted by atomic mass is 9.93. The molecule has 0 spiro atoms. The van der Waals surface area contributed by atoms with Crippen molar-refractivity contribution in [2.45, 2.75) is 0 Å². The third kappa shape index (κ3) is 7.04. The van der Waals surface area contributed by atoms with Crippen molar-refractivity contribution in [3.05, 3.63) is 255 Å². The summed E-state index contributed by atoms with van der Waals surface area (Å²) < 4.78 is 12.8. The Morgan fingerprint density at radius 3 is 1.12 bits per heavy atom. The molecule has 0 atom stereocenters. The molecule has 13 aromatic rings. The van der Waals surface area contributed by atoms with Gasteiger partial charge in [0.25, 0.3) is 0 Å². The van der Waals surface area contributed by atoms with Crippen LogP contribution in [0.15, 0.2) is 264 Å². The molecule has 2 aromatic heterocycles. The molecule has 0 saturated carbocycles. The maximum Gasteiger partial charge on any atom is 0.137 e. The van der Waals surface area contributed by atoms with Crippen LogP contribution in [0.25, 0.3) is 88.0 Å². The van der Waals surface area contributed by atoms with Gasteiger partial charge in [-0.3, -0.25) is 0 Å². The van der Waals surface area contributed by atoms with E-state index in [0.29, 0.717) is 0 Å². The second kappa shape index (κ2) is 16.4. The maximum absolute atomic E-state index is 6.41. The van der Waals surface area contributed by atoms with E-state index in [2.05, 4.69) is 240 Å². The van der Waals surface area contributed by atoms with E-state index in [1.54, 1.807) is 0 Å². The predicted octanol–water partition coefficient (Wildman–Crippen LogP) is 18.6. The molecule has 0 aliphatic rings. The molecular weight excluding hydrogens is 829 g/mol. The lowest BCUT2D eigenvalue weighted by molar-refractivity contribution is 0.668. The van der Waals surface area contributed by atoms with Crippen molar-refractivity contribution in [1.29, 1.82) is 0 Å². The van der Waals surface area contributed by atoms with Gasteiger partial charge in [0.2, 0.25) is 0 Å². The minimum absolute atomic E-state index is 0.862. The van der Waals surface area contributed by atoms with Crippen LogP contribution in [0.1, 0.15) is 0 Å². The molecule has 4 nitrogen and oxygen atoms in total. The Hall–Kier alpha value is -9.12. The molecule has 0 fully saturated rings. The van der Waals surface area contributed by atoms with Crippen LogP contribution in [0.2, 0.25) is 0 Å². The van der Waals surface area contributed by atoms with E-state index in [1.807, 2.05) is 24.3 Å². The number of hydrogen-bond acceptors (Lipinski definition) is 4. The van der Waals surface area contributed by atoms with Crippen LogP contribution in [0.3, 0.4) is 0 Å². The SMILES string of the molecule is c1ccc(-c2cc(-c3ccc(N(c4ccccc4)c4ccc5c(c4)oc4ccccc45)cc3)cc(-c3ccc(N(c4ccc5ccccc5c4)c4ccc5c(c4)oc4ccccc45)cc3)c2)cc1. The normalized spacial score (nSPS) is 11.5. The third-order valence-corrected chi connectivity index (χ3v) is 13.2.